The molecule has 0 saturated carbocycles. The molecule has 1 N–H and O–H groups in total. The molecule has 4 nitrogen and oxygen atoms in total. The molecular weight excluding hydrogens is 368 g/mol. The van der Waals surface area contributed by atoms with Crippen molar-refractivity contribution in [3.05, 3.63) is 78.4 Å². The number of carbonyl (C=O) groups is 2. The smallest absolute Gasteiger partial charge is 0.247 e. The largest absolute Gasteiger partial charge is 0.329 e. The molecule has 3 aromatic carbocycles. The van der Waals surface area contributed by atoms with Gasteiger partial charge in [0.15, 0.2) is 0 Å². The van der Waals surface area contributed by atoms with Crippen LogP contribution in [0.3, 0.4) is 0 Å². The van der Waals surface area contributed by atoms with Crippen LogP contribution in [0.15, 0.2) is 72.8 Å². The molecule has 28 heavy (non-hydrogen) atoms. The highest BCUT2D eigenvalue weighted by Crippen LogP contribution is 2.33. The Morgan fingerprint density at radius 1 is 0.964 bits per heavy atom. The molecule has 0 unspecified atom stereocenters. The van der Waals surface area contributed by atoms with E-state index < -0.39 is 6.04 Å². The fraction of sp³-hybridized carbons (Fsp3) is 0.217. The predicted molar refractivity (Wildman–Crippen MR) is 116 cm³/mol. The first-order valence-electron chi connectivity index (χ1n) is 9.41. The molecule has 0 bridgehead atoms. The summed E-state index contributed by atoms with van der Waals surface area (Å²) in [6.07, 6.45) is 0.611. The third-order valence-corrected chi connectivity index (χ3v) is 5.65. The van der Waals surface area contributed by atoms with Crippen molar-refractivity contribution in [3.8, 4) is 0 Å². The minimum Gasteiger partial charge on any atom is -0.329 e. The number of thiol groups is 1. The molecule has 0 aliphatic carbocycles. The molecule has 1 fully saturated rings. The van der Waals surface area contributed by atoms with Gasteiger partial charge in [-0.2, -0.15) is 12.6 Å². The summed E-state index contributed by atoms with van der Waals surface area (Å²) in [7, 11) is 0. The van der Waals surface area contributed by atoms with Crippen molar-refractivity contribution >= 4 is 40.9 Å². The van der Waals surface area contributed by atoms with Crippen molar-refractivity contribution in [2.45, 2.75) is 18.4 Å². The Balaban J connectivity index is 1.60. The summed E-state index contributed by atoms with van der Waals surface area (Å²) in [6, 6.07) is 23.3. The highest BCUT2D eigenvalue weighted by atomic mass is 32.1. The Hall–Kier alpha value is -2.79. The van der Waals surface area contributed by atoms with E-state index in [1.54, 1.807) is 4.90 Å². The summed E-state index contributed by atoms with van der Waals surface area (Å²) in [6.45, 7) is 0.539. The molecule has 1 heterocycles. The molecule has 3 aromatic rings. The second-order valence-electron chi connectivity index (χ2n) is 7.08. The van der Waals surface area contributed by atoms with Gasteiger partial charge < -0.3 is 10.2 Å². The van der Waals surface area contributed by atoms with Crippen LogP contribution in [0, 0.1) is 0 Å². The molecule has 1 aliphatic heterocycles. The Labute approximate surface area is 170 Å². The molecule has 2 atom stereocenters. The summed E-state index contributed by atoms with van der Waals surface area (Å²) < 4.78 is 0. The monoisotopic (exact) mass is 390 g/mol. The Kier molecular flexibility index (Phi) is 5.35. The third kappa shape index (κ3) is 3.62. The summed E-state index contributed by atoms with van der Waals surface area (Å²) >= 11 is 4.14. The molecule has 2 amide bonds. The average Bonchev–Trinajstić information content (AvgIpc) is 3.20. The van der Waals surface area contributed by atoms with E-state index in [-0.39, 0.29) is 23.5 Å². The number of benzene rings is 3. The maximum Gasteiger partial charge on any atom is 0.247 e. The van der Waals surface area contributed by atoms with E-state index in [2.05, 4.69) is 30.1 Å². The summed E-state index contributed by atoms with van der Waals surface area (Å²) in [5, 5.41) is 5.11. The maximum absolute atomic E-state index is 13.1. The van der Waals surface area contributed by atoms with Gasteiger partial charge in [-0.3, -0.25) is 9.59 Å². The fourth-order valence-electron chi connectivity index (χ4n) is 3.97. The van der Waals surface area contributed by atoms with E-state index in [9.17, 15) is 9.59 Å². The van der Waals surface area contributed by atoms with E-state index >= 15 is 0 Å². The summed E-state index contributed by atoms with van der Waals surface area (Å²) in [5.74, 6) is -0.0161. The quantitative estimate of drug-likeness (QED) is 0.659. The lowest BCUT2D eigenvalue weighted by atomic mass is 9.96. The molecular formula is C23H22N2O2S. The van der Waals surface area contributed by atoms with Crippen LogP contribution in [0.2, 0.25) is 0 Å². The topological polar surface area (TPSA) is 49.4 Å². The fourth-order valence-corrected chi connectivity index (χ4v) is 4.15. The van der Waals surface area contributed by atoms with Gasteiger partial charge in [0.2, 0.25) is 11.8 Å². The van der Waals surface area contributed by atoms with Crippen molar-refractivity contribution in [3.63, 3.8) is 0 Å². The van der Waals surface area contributed by atoms with E-state index in [4.69, 9.17) is 0 Å². The van der Waals surface area contributed by atoms with Crippen molar-refractivity contribution in [1.29, 1.82) is 0 Å². The normalized spacial score (nSPS) is 19.0. The van der Waals surface area contributed by atoms with Crippen LogP contribution in [-0.2, 0) is 9.59 Å². The van der Waals surface area contributed by atoms with E-state index in [1.165, 1.54) is 0 Å². The molecule has 142 valence electrons. The van der Waals surface area contributed by atoms with Crippen LogP contribution < -0.4 is 5.32 Å². The zero-order valence-electron chi connectivity index (χ0n) is 15.4. The van der Waals surface area contributed by atoms with Gasteiger partial charge in [0.1, 0.15) is 6.04 Å². The molecule has 4 rings (SSSR count). The third-order valence-electron chi connectivity index (χ3n) is 5.38. The SMILES string of the molecule is O=C(Nc1cccc2ccccc12)[C@H]1C[C@H](c2ccccc2)CN1C(=O)CS. The number of fused-ring (bicyclic) bond motifs is 1. The zero-order valence-corrected chi connectivity index (χ0v) is 16.3. The Morgan fingerprint density at radius 2 is 1.68 bits per heavy atom. The number of carbonyl (C=O) groups excluding carboxylic acids is 2. The number of amides is 2. The molecule has 5 heteroatoms. The van der Waals surface area contributed by atoms with Gasteiger partial charge in [-0.05, 0) is 23.4 Å². The van der Waals surface area contributed by atoms with Gasteiger partial charge in [-0.25, -0.2) is 0 Å². The van der Waals surface area contributed by atoms with E-state index in [1.807, 2.05) is 60.7 Å². The number of likely N-dealkylation sites (tertiary alicyclic amines) is 1. The van der Waals surface area contributed by atoms with Crippen LogP contribution in [-0.4, -0.2) is 35.1 Å². The molecule has 0 radical (unpaired) electrons. The van der Waals surface area contributed by atoms with Crippen LogP contribution >= 0.6 is 12.6 Å². The number of anilines is 1. The second-order valence-corrected chi connectivity index (χ2v) is 7.40. The van der Waals surface area contributed by atoms with Gasteiger partial charge in [-0.15, -0.1) is 0 Å². The van der Waals surface area contributed by atoms with Crippen LogP contribution in [0.1, 0.15) is 17.9 Å². The highest BCUT2D eigenvalue weighted by Gasteiger charge is 2.39. The van der Waals surface area contributed by atoms with Crippen LogP contribution in [0.5, 0.6) is 0 Å². The minimum absolute atomic E-state index is 0.0968. The summed E-state index contributed by atoms with van der Waals surface area (Å²) in [4.78, 5) is 27.2. The standard InChI is InChI=1S/C23H22N2O2S/c26-22(15-28)25-14-18(16-7-2-1-3-8-16)13-21(25)23(27)24-20-12-6-10-17-9-4-5-11-19(17)20/h1-12,18,21,28H,13-15H2,(H,24,27)/t18-,21+/m0/s1. The number of nitrogens with zero attached hydrogens (tertiary/aromatic N) is 1. The van der Waals surface area contributed by atoms with Crippen LogP contribution in [0.25, 0.3) is 10.8 Å². The molecule has 0 aromatic heterocycles. The molecule has 0 spiro atoms. The lowest BCUT2D eigenvalue weighted by Gasteiger charge is -2.23. The van der Waals surface area contributed by atoms with Gasteiger partial charge in [-0.1, -0.05) is 66.7 Å². The van der Waals surface area contributed by atoms with Gasteiger partial charge in [0, 0.05) is 23.5 Å². The number of hydrogen-bond donors (Lipinski definition) is 2. The van der Waals surface area contributed by atoms with E-state index in [0.29, 0.717) is 13.0 Å². The van der Waals surface area contributed by atoms with Gasteiger partial charge in [0.05, 0.1) is 5.75 Å². The summed E-state index contributed by atoms with van der Waals surface area (Å²) in [5.41, 5.74) is 1.92. The number of rotatable bonds is 4. The zero-order chi connectivity index (χ0) is 19.5. The number of nitrogens with one attached hydrogen (secondary N) is 1. The lowest BCUT2D eigenvalue weighted by Crippen LogP contribution is -2.43. The Bertz CT molecular complexity index is 1000. The predicted octanol–water partition coefficient (Wildman–Crippen LogP) is 4.09. The van der Waals surface area contributed by atoms with Crippen LogP contribution in [0.4, 0.5) is 5.69 Å². The van der Waals surface area contributed by atoms with Crippen molar-refractivity contribution in [2.75, 3.05) is 17.6 Å². The maximum atomic E-state index is 13.1. The first-order valence-corrected chi connectivity index (χ1v) is 10.0. The van der Waals surface area contributed by atoms with Crippen molar-refractivity contribution in [2.24, 2.45) is 0 Å². The Morgan fingerprint density at radius 3 is 2.46 bits per heavy atom. The molecule has 1 saturated heterocycles. The first kappa shape index (κ1) is 18.6. The lowest BCUT2D eigenvalue weighted by molar-refractivity contribution is -0.134. The van der Waals surface area contributed by atoms with Crippen molar-refractivity contribution in [1.82, 2.24) is 4.90 Å². The van der Waals surface area contributed by atoms with Gasteiger partial charge in [0.25, 0.3) is 0 Å². The van der Waals surface area contributed by atoms with E-state index in [0.717, 1.165) is 22.0 Å². The average molecular weight is 391 g/mol. The highest BCUT2D eigenvalue weighted by molar-refractivity contribution is 7.81. The number of hydrogen-bond acceptors (Lipinski definition) is 3. The van der Waals surface area contributed by atoms with Crippen molar-refractivity contribution < 1.29 is 9.59 Å². The minimum atomic E-state index is -0.496. The first-order chi connectivity index (χ1) is 13.7. The second kappa shape index (κ2) is 8.07. The van der Waals surface area contributed by atoms with Gasteiger partial charge >= 0.3 is 0 Å². The molecule has 1 aliphatic rings.